The van der Waals surface area contributed by atoms with E-state index in [1.807, 2.05) is 25.7 Å². The molecule has 1 aliphatic carbocycles. The first kappa shape index (κ1) is 22.3. The maximum atomic E-state index is 12.1. The van der Waals surface area contributed by atoms with Crippen molar-refractivity contribution in [3.63, 3.8) is 0 Å². The lowest BCUT2D eigenvalue weighted by molar-refractivity contribution is 0.0186. The maximum absolute atomic E-state index is 12.1. The maximum Gasteiger partial charge on any atom is 0.410 e. The van der Waals surface area contributed by atoms with E-state index < -0.39 is 5.60 Å². The quantitative estimate of drug-likeness (QED) is 0.389. The van der Waals surface area contributed by atoms with Crippen molar-refractivity contribution in [1.29, 1.82) is 0 Å². The van der Waals surface area contributed by atoms with Crippen LogP contribution in [0.2, 0.25) is 0 Å². The molecule has 1 atom stereocenters. The van der Waals surface area contributed by atoms with Crippen LogP contribution in [0.1, 0.15) is 40.5 Å². The molecule has 0 bridgehead atoms. The minimum atomic E-state index is -0.460. The van der Waals surface area contributed by atoms with Crippen molar-refractivity contribution in [2.24, 2.45) is 10.7 Å². The summed E-state index contributed by atoms with van der Waals surface area (Å²) in [6, 6.07) is 1.13. The molecule has 1 heterocycles. The topological polar surface area (TPSA) is 74.4 Å². The van der Waals surface area contributed by atoms with Gasteiger partial charge in [0.05, 0.1) is 6.54 Å². The molecule has 25 heavy (non-hydrogen) atoms. The van der Waals surface area contributed by atoms with Gasteiger partial charge in [-0.2, -0.15) is 0 Å². The number of nitrogens with two attached hydrogens (primary N) is 1. The Labute approximate surface area is 169 Å². The number of amides is 1. The number of likely N-dealkylation sites (N-methyl/N-ethyl adjacent to an activating group) is 1. The second kappa shape index (κ2) is 9.25. The Kier molecular flexibility index (Phi) is 8.24. The molecule has 0 aromatic heterocycles. The number of hydrogen-bond donors (Lipinski definition) is 1. The van der Waals surface area contributed by atoms with Gasteiger partial charge in [0.2, 0.25) is 0 Å². The van der Waals surface area contributed by atoms with Crippen molar-refractivity contribution in [3.05, 3.63) is 0 Å². The summed E-state index contributed by atoms with van der Waals surface area (Å²) >= 11 is 0. The Balaban J connectivity index is 0.00000312. The summed E-state index contributed by atoms with van der Waals surface area (Å²) in [4.78, 5) is 22.8. The van der Waals surface area contributed by atoms with E-state index in [0.29, 0.717) is 44.7 Å². The van der Waals surface area contributed by atoms with Gasteiger partial charge in [0.25, 0.3) is 0 Å². The van der Waals surface area contributed by atoms with Crippen molar-refractivity contribution in [2.45, 2.75) is 58.2 Å². The first-order valence-corrected chi connectivity index (χ1v) is 8.92. The Hall–Kier alpha value is -0.770. The minimum absolute atomic E-state index is 0. The van der Waals surface area contributed by atoms with Crippen molar-refractivity contribution >= 4 is 36.0 Å². The Morgan fingerprint density at radius 2 is 1.76 bits per heavy atom. The molecule has 2 aliphatic rings. The number of rotatable bonds is 4. The molecule has 2 rings (SSSR count). The largest absolute Gasteiger partial charge is 0.444 e. The number of halogens is 1. The van der Waals surface area contributed by atoms with Crippen LogP contribution in [0.5, 0.6) is 0 Å². The summed E-state index contributed by atoms with van der Waals surface area (Å²) in [5, 5.41) is 0. The molecule has 146 valence electrons. The second-order valence-electron chi connectivity index (χ2n) is 7.90. The average Bonchev–Trinajstić information content (AvgIpc) is 3.34. The van der Waals surface area contributed by atoms with E-state index in [2.05, 4.69) is 23.9 Å². The molecule has 2 fully saturated rings. The molecular formula is C17H34IN5O2. The fraction of sp³-hybridized carbons (Fsp3) is 0.882. The lowest BCUT2D eigenvalue weighted by atomic mass is 10.2. The number of carbonyl (C=O) groups excluding carboxylic acids is 1. The summed E-state index contributed by atoms with van der Waals surface area (Å²) in [6.45, 7) is 11.2. The molecule has 1 saturated carbocycles. The van der Waals surface area contributed by atoms with Crippen LogP contribution in [0.3, 0.4) is 0 Å². The van der Waals surface area contributed by atoms with Gasteiger partial charge in [0, 0.05) is 38.3 Å². The van der Waals surface area contributed by atoms with Crippen LogP contribution in [0.4, 0.5) is 4.79 Å². The molecule has 0 spiro atoms. The van der Waals surface area contributed by atoms with Gasteiger partial charge in [-0.3, -0.25) is 9.89 Å². The Bertz CT molecular complexity index is 468. The number of aliphatic imine (C=N–C) groups is 1. The van der Waals surface area contributed by atoms with Crippen molar-refractivity contribution in [2.75, 3.05) is 39.8 Å². The van der Waals surface area contributed by atoms with Crippen LogP contribution in [0.15, 0.2) is 4.99 Å². The first-order chi connectivity index (χ1) is 11.2. The zero-order chi connectivity index (χ0) is 17.9. The zero-order valence-corrected chi connectivity index (χ0v) is 18.5. The summed E-state index contributed by atoms with van der Waals surface area (Å²) in [5.74, 6) is 0.579. The molecule has 7 nitrogen and oxygen atoms in total. The first-order valence-electron chi connectivity index (χ1n) is 8.92. The van der Waals surface area contributed by atoms with E-state index in [9.17, 15) is 4.79 Å². The van der Waals surface area contributed by atoms with Crippen LogP contribution in [-0.4, -0.2) is 84.2 Å². The number of guanidine groups is 1. The van der Waals surface area contributed by atoms with Crippen molar-refractivity contribution in [3.8, 4) is 0 Å². The molecule has 0 radical (unpaired) electrons. The summed E-state index contributed by atoms with van der Waals surface area (Å²) in [6.07, 6.45) is 2.34. The number of nitrogens with zero attached hydrogens (tertiary/aromatic N) is 4. The standard InChI is InChI=1S/C17H33N5O2.HI/c1-13(20(5)14-6-7-14)12-19-15(18)21-8-10-22(11-9-21)16(23)24-17(2,3)4;/h13-14H,6-12H2,1-5H3,(H2,18,19);1H. The lowest BCUT2D eigenvalue weighted by Crippen LogP contribution is -2.53. The van der Waals surface area contributed by atoms with Gasteiger partial charge in [-0.05, 0) is 47.6 Å². The molecule has 1 aliphatic heterocycles. The summed E-state index contributed by atoms with van der Waals surface area (Å²) in [7, 11) is 2.16. The molecule has 2 N–H and O–H groups in total. The molecule has 1 amide bonds. The SMILES string of the molecule is CC(CN=C(N)N1CCN(C(=O)OC(C)(C)C)CC1)N(C)C1CC1.I. The lowest BCUT2D eigenvalue weighted by Gasteiger charge is -2.36. The second-order valence-corrected chi connectivity index (χ2v) is 7.90. The fourth-order valence-corrected chi connectivity index (χ4v) is 2.74. The average molecular weight is 467 g/mol. The third-order valence-corrected chi connectivity index (χ3v) is 4.59. The third-order valence-electron chi connectivity index (χ3n) is 4.59. The van der Waals surface area contributed by atoms with Gasteiger partial charge in [0.15, 0.2) is 5.96 Å². The summed E-state index contributed by atoms with van der Waals surface area (Å²) in [5.41, 5.74) is 5.67. The highest BCUT2D eigenvalue weighted by Crippen LogP contribution is 2.26. The monoisotopic (exact) mass is 467 g/mol. The fourth-order valence-electron chi connectivity index (χ4n) is 2.74. The Morgan fingerprint density at radius 3 is 2.24 bits per heavy atom. The number of piperazine rings is 1. The molecular weight excluding hydrogens is 433 g/mol. The molecule has 0 aromatic carbocycles. The zero-order valence-electron chi connectivity index (χ0n) is 16.2. The predicted molar refractivity (Wildman–Crippen MR) is 112 cm³/mol. The number of hydrogen-bond acceptors (Lipinski definition) is 4. The highest BCUT2D eigenvalue weighted by atomic mass is 127. The Morgan fingerprint density at radius 1 is 1.24 bits per heavy atom. The predicted octanol–water partition coefficient (Wildman–Crippen LogP) is 1.95. The van der Waals surface area contributed by atoms with Gasteiger partial charge in [-0.25, -0.2) is 4.79 Å². The summed E-state index contributed by atoms with van der Waals surface area (Å²) < 4.78 is 5.41. The van der Waals surface area contributed by atoms with Crippen molar-refractivity contribution < 1.29 is 9.53 Å². The van der Waals surface area contributed by atoms with Crippen LogP contribution in [0.25, 0.3) is 0 Å². The molecule has 1 unspecified atom stereocenters. The van der Waals surface area contributed by atoms with E-state index in [-0.39, 0.29) is 30.1 Å². The van der Waals surface area contributed by atoms with Gasteiger partial charge in [-0.15, -0.1) is 24.0 Å². The molecule has 8 heteroatoms. The highest BCUT2D eigenvalue weighted by molar-refractivity contribution is 14.0. The van der Waals surface area contributed by atoms with Gasteiger partial charge >= 0.3 is 6.09 Å². The van der Waals surface area contributed by atoms with Crippen molar-refractivity contribution in [1.82, 2.24) is 14.7 Å². The number of ether oxygens (including phenoxy) is 1. The minimum Gasteiger partial charge on any atom is -0.444 e. The third kappa shape index (κ3) is 7.16. The molecule has 1 saturated heterocycles. The normalized spacial score (nSPS) is 20.3. The smallest absolute Gasteiger partial charge is 0.410 e. The van der Waals surface area contributed by atoms with Gasteiger partial charge in [-0.1, -0.05) is 0 Å². The molecule has 0 aromatic rings. The van der Waals surface area contributed by atoms with Crippen LogP contribution >= 0.6 is 24.0 Å². The van der Waals surface area contributed by atoms with Crippen LogP contribution in [0, 0.1) is 0 Å². The van der Waals surface area contributed by atoms with Gasteiger partial charge in [0.1, 0.15) is 5.60 Å². The van der Waals surface area contributed by atoms with Crippen LogP contribution in [-0.2, 0) is 4.74 Å². The van der Waals surface area contributed by atoms with E-state index in [1.165, 1.54) is 12.8 Å². The van der Waals surface area contributed by atoms with E-state index >= 15 is 0 Å². The van der Waals surface area contributed by atoms with E-state index in [4.69, 9.17) is 10.5 Å². The van der Waals surface area contributed by atoms with Crippen LogP contribution < -0.4 is 5.73 Å². The van der Waals surface area contributed by atoms with Gasteiger partial charge < -0.3 is 20.3 Å². The van der Waals surface area contributed by atoms with E-state index in [0.717, 1.165) is 6.04 Å². The highest BCUT2D eigenvalue weighted by Gasteiger charge is 2.29. The number of carbonyl (C=O) groups is 1. The van der Waals surface area contributed by atoms with E-state index in [1.54, 1.807) is 4.90 Å².